The van der Waals surface area contributed by atoms with E-state index in [9.17, 15) is 4.79 Å². The van der Waals surface area contributed by atoms with Crippen molar-refractivity contribution < 1.29 is 0 Å². The second-order valence-electron chi connectivity index (χ2n) is 5.12. The molecule has 2 aromatic rings. The zero-order valence-corrected chi connectivity index (χ0v) is 14.2. The lowest BCUT2D eigenvalue weighted by Gasteiger charge is -2.26. The van der Waals surface area contributed by atoms with Crippen molar-refractivity contribution in [2.24, 2.45) is 7.05 Å². The fourth-order valence-electron chi connectivity index (χ4n) is 2.48. The first-order valence-corrected chi connectivity index (χ1v) is 8.55. The Bertz CT molecular complexity index is 697. The fourth-order valence-corrected chi connectivity index (χ4v) is 3.87. The van der Waals surface area contributed by atoms with E-state index in [1.54, 1.807) is 13.2 Å². The number of hydrogen-bond acceptors (Lipinski definition) is 5. The topological polar surface area (TPSA) is 50.2 Å². The average Bonchev–Trinajstić information content (AvgIpc) is 2.95. The molecular formula is C14H17BrN4OS. The van der Waals surface area contributed by atoms with Gasteiger partial charge >= 0.3 is 0 Å². The summed E-state index contributed by atoms with van der Waals surface area (Å²) >= 11 is 5.18. The third-order valence-electron chi connectivity index (χ3n) is 3.71. The molecule has 0 fully saturated rings. The molecule has 0 saturated carbocycles. The van der Waals surface area contributed by atoms with Crippen molar-refractivity contribution in [3.05, 3.63) is 42.9 Å². The number of fused-ring (bicyclic) bond motifs is 1. The van der Waals surface area contributed by atoms with Crippen LogP contribution in [0.15, 0.2) is 26.9 Å². The highest BCUT2D eigenvalue weighted by molar-refractivity contribution is 9.10. The maximum absolute atomic E-state index is 11.8. The van der Waals surface area contributed by atoms with Gasteiger partial charge in [0.1, 0.15) is 4.47 Å². The molecule has 21 heavy (non-hydrogen) atoms. The van der Waals surface area contributed by atoms with Gasteiger partial charge in [-0.1, -0.05) is 0 Å². The minimum Gasteiger partial charge on any atom is -0.381 e. The van der Waals surface area contributed by atoms with Gasteiger partial charge in [0, 0.05) is 38.1 Å². The molecule has 0 radical (unpaired) electrons. The van der Waals surface area contributed by atoms with Crippen molar-refractivity contribution in [1.29, 1.82) is 0 Å². The molecule has 5 nitrogen and oxygen atoms in total. The normalized spacial score (nSPS) is 15.0. The van der Waals surface area contributed by atoms with Crippen LogP contribution in [0.4, 0.5) is 5.69 Å². The predicted molar refractivity (Wildman–Crippen MR) is 89.0 cm³/mol. The first kappa shape index (κ1) is 14.7. The lowest BCUT2D eigenvalue weighted by molar-refractivity contribution is 0.266. The second kappa shape index (κ2) is 6.29. The summed E-state index contributed by atoms with van der Waals surface area (Å²) in [6.07, 6.45) is 2.82. The molecule has 1 N–H and O–H groups in total. The summed E-state index contributed by atoms with van der Waals surface area (Å²) in [7, 11) is 1.64. The fraction of sp³-hybridized carbons (Fsp3) is 0.429. The van der Waals surface area contributed by atoms with E-state index in [0.29, 0.717) is 4.47 Å². The molecule has 7 heteroatoms. The van der Waals surface area contributed by atoms with E-state index in [0.717, 1.165) is 38.3 Å². The number of nitrogens with one attached hydrogen (secondary N) is 1. The molecule has 2 aromatic heterocycles. The number of nitrogens with zero attached hydrogens (tertiary/aromatic N) is 3. The van der Waals surface area contributed by atoms with Gasteiger partial charge in [0.05, 0.1) is 11.9 Å². The van der Waals surface area contributed by atoms with E-state index < -0.39 is 0 Å². The van der Waals surface area contributed by atoms with E-state index in [1.165, 1.54) is 15.1 Å². The molecule has 0 aromatic carbocycles. The summed E-state index contributed by atoms with van der Waals surface area (Å²) in [6, 6.07) is 2.22. The lowest BCUT2D eigenvalue weighted by Crippen LogP contribution is -2.33. The van der Waals surface area contributed by atoms with Crippen LogP contribution >= 0.6 is 27.3 Å². The van der Waals surface area contributed by atoms with Crippen LogP contribution in [-0.4, -0.2) is 34.3 Å². The van der Waals surface area contributed by atoms with E-state index in [1.807, 2.05) is 11.3 Å². The summed E-state index contributed by atoms with van der Waals surface area (Å²) in [5.74, 6) is 0. The van der Waals surface area contributed by atoms with Crippen molar-refractivity contribution in [2.45, 2.75) is 13.0 Å². The van der Waals surface area contributed by atoms with E-state index in [2.05, 4.69) is 42.7 Å². The highest BCUT2D eigenvalue weighted by atomic mass is 79.9. The summed E-state index contributed by atoms with van der Waals surface area (Å²) in [5.41, 5.74) is 2.09. The van der Waals surface area contributed by atoms with Crippen LogP contribution in [0.1, 0.15) is 10.4 Å². The molecule has 3 heterocycles. The van der Waals surface area contributed by atoms with Crippen molar-refractivity contribution >= 4 is 33.0 Å². The van der Waals surface area contributed by atoms with Crippen LogP contribution in [0.25, 0.3) is 0 Å². The van der Waals surface area contributed by atoms with Gasteiger partial charge in [-0.25, -0.2) is 4.68 Å². The first-order chi connectivity index (χ1) is 10.1. The van der Waals surface area contributed by atoms with E-state index in [4.69, 9.17) is 0 Å². The summed E-state index contributed by atoms with van der Waals surface area (Å²) in [4.78, 5) is 15.7. The molecule has 0 unspecified atom stereocenters. The van der Waals surface area contributed by atoms with Gasteiger partial charge in [-0.3, -0.25) is 9.69 Å². The lowest BCUT2D eigenvalue weighted by atomic mass is 10.1. The third kappa shape index (κ3) is 3.20. The molecule has 1 aliphatic heterocycles. The van der Waals surface area contributed by atoms with Crippen LogP contribution in [-0.2, 0) is 20.0 Å². The van der Waals surface area contributed by atoms with E-state index >= 15 is 0 Å². The highest BCUT2D eigenvalue weighted by Gasteiger charge is 2.16. The summed E-state index contributed by atoms with van der Waals surface area (Å²) in [5, 5.41) is 9.49. The molecule has 0 aliphatic carbocycles. The molecule has 0 bridgehead atoms. The summed E-state index contributed by atoms with van der Waals surface area (Å²) < 4.78 is 1.86. The smallest absolute Gasteiger partial charge is 0.282 e. The zero-order valence-electron chi connectivity index (χ0n) is 11.8. The molecule has 0 atom stereocenters. The quantitative estimate of drug-likeness (QED) is 0.897. The number of aryl methyl sites for hydroxylation is 1. The Morgan fingerprint density at radius 3 is 3.24 bits per heavy atom. The van der Waals surface area contributed by atoms with Gasteiger partial charge in [0.25, 0.3) is 5.56 Å². The minimum atomic E-state index is -0.124. The minimum absolute atomic E-state index is 0.124. The number of thiophene rings is 1. The molecule has 112 valence electrons. The SMILES string of the molecule is Cn1ncc(NCCN2CCc3sccc3C2)c(Br)c1=O. The van der Waals surface area contributed by atoms with Crippen LogP contribution in [0.2, 0.25) is 0 Å². The van der Waals surface area contributed by atoms with Crippen LogP contribution < -0.4 is 10.9 Å². The Balaban J connectivity index is 1.56. The van der Waals surface area contributed by atoms with Crippen LogP contribution in [0.5, 0.6) is 0 Å². The molecule has 3 rings (SSSR count). The third-order valence-corrected chi connectivity index (χ3v) is 5.50. The summed E-state index contributed by atoms with van der Waals surface area (Å²) in [6.45, 7) is 3.88. The number of halogens is 1. The van der Waals surface area contributed by atoms with Gasteiger partial charge in [-0.05, 0) is 39.4 Å². The van der Waals surface area contributed by atoms with Crippen molar-refractivity contribution in [2.75, 3.05) is 25.0 Å². The molecule has 1 aliphatic rings. The number of hydrogen-bond donors (Lipinski definition) is 1. The van der Waals surface area contributed by atoms with Crippen LogP contribution in [0, 0.1) is 0 Å². The Labute approximate surface area is 135 Å². The standard InChI is InChI=1S/C14H17BrN4OS/c1-18-14(20)13(15)11(8-17-18)16-4-6-19-5-2-12-10(9-19)3-7-21-12/h3,7-8,16H,2,4-6,9H2,1H3. The van der Waals surface area contributed by atoms with Crippen molar-refractivity contribution in [1.82, 2.24) is 14.7 Å². The van der Waals surface area contributed by atoms with Gasteiger partial charge in [0.15, 0.2) is 0 Å². The largest absolute Gasteiger partial charge is 0.381 e. The maximum atomic E-state index is 11.8. The average molecular weight is 369 g/mol. The Hall–Kier alpha value is -1.18. The van der Waals surface area contributed by atoms with Gasteiger partial charge in [0.2, 0.25) is 0 Å². The van der Waals surface area contributed by atoms with Crippen LogP contribution in [0.3, 0.4) is 0 Å². The van der Waals surface area contributed by atoms with Gasteiger partial charge in [-0.15, -0.1) is 11.3 Å². The first-order valence-electron chi connectivity index (χ1n) is 6.88. The maximum Gasteiger partial charge on any atom is 0.282 e. The van der Waals surface area contributed by atoms with Crippen molar-refractivity contribution in [3.8, 4) is 0 Å². The second-order valence-corrected chi connectivity index (χ2v) is 6.92. The molecule has 0 saturated heterocycles. The zero-order chi connectivity index (χ0) is 14.8. The van der Waals surface area contributed by atoms with Gasteiger partial charge < -0.3 is 5.32 Å². The Kier molecular flexibility index (Phi) is 4.42. The number of aromatic nitrogens is 2. The molecule has 0 amide bonds. The molecule has 0 spiro atoms. The Morgan fingerprint density at radius 2 is 2.38 bits per heavy atom. The van der Waals surface area contributed by atoms with E-state index in [-0.39, 0.29) is 5.56 Å². The monoisotopic (exact) mass is 368 g/mol. The number of anilines is 1. The Morgan fingerprint density at radius 1 is 1.52 bits per heavy atom. The highest BCUT2D eigenvalue weighted by Crippen LogP contribution is 2.23. The van der Waals surface area contributed by atoms with Crippen molar-refractivity contribution in [3.63, 3.8) is 0 Å². The van der Waals surface area contributed by atoms with Gasteiger partial charge in [-0.2, -0.15) is 5.10 Å². The number of rotatable bonds is 4. The molecular weight excluding hydrogens is 352 g/mol. The predicted octanol–water partition coefficient (Wildman–Crippen LogP) is 2.07.